The molecule has 0 spiro atoms. The van der Waals surface area contributed by atoms with E-state index in [1.165, 1.54) is 32.5 Å². The molecule has 0 aromatic rings. The molecule has 0 aliphatic carbocycles. The lowest BCUT2D eigenvalue weighted by atomic mass is 10.4. The number of nitrogens with one attached hydrogen (secondary N) is 2. The first-order valence-electron chi connectivity index (χ1n) is 6.72. The van der Waals surface area contributed by atoms with Crippen LogP contribution in [0, 0.1) is 0 Å². The minimum absolute atomic E-state index is 0.762. The van der Waals surface area contributed by atoms with E-state index in [0.717, 1.165) is 32.0 Å². The second-order valence-corrected chi connectivity index (χ2v) is 4.33. The molecular weight excluding hydrogens is 212 g/mol. The molecule has 0 bridgehead atoms. The second-order valence-electron chi connectivity index (χ2n) is 4.33. The Morgan fingerprint density at radius 2 is 2.12 bits per heavy atom. The van der Waals surface area contributed by atoms with E-state index in [0.29, 0.717) is 0 Å². The summed E-state index contributed by atoms with van der Waals surface area (Å²) < 4.78 is 0. The number of aliphatic imine (C=N–C) groups is 1. The number of hydrogen-bond acceptors (Lipinski definition) is 2. The first-order chi connectivity index (χ1) is 8.36. The minimum Gasteiger partial charge on any atom is -0.357 e. The maximum absolute atomic E-state index is 4.53. The fraction of sp³-hybridized carbons (Fsp3) is 0.769. The third kappa shape index (κ3) is 6.31. The van der Waals surface area contributed by atoms with Gasteiger partial charge in [0.25, 0.3) is 0 Å². The SMILES string of the molecule is C=CCNC(=NCCCN1CCCC1)NCC. The molecule has 1 rings (SSSR count). The minimum atomic E-state index is 0.762. The molecule has 1 aliphatic rings. The van der Waals surface area contributed by atoms with Gasteiger partial charge in [0.1, 0.15) is 0 Å². The summed E-state index contributed by atoms with van der Waals surface area (Å²) in [5.41, 5.74) is 0. The first kappa shape index (κ1) is 14.0. The highest BCUT2D eigenvalue weighted by atomic mass is 15.2. The van der Waals surface area contributed by atoms with E-state index in [2.05, 4.69) is 34.0 Å². The Morgan fingerprint density at radius 1 is 1.35 bits per heavy atom. The fourth-order valence-corrected chi connectivity index (χ4v) is 2.00. The summed E-state index contributed by atoms with van der Waals surface area (Å²) >= 11 is 0. The molecule has 0 aromatic carbocycles. The molecule has 0 aromatic heterocycles. The largest absolute Gasteiger partial charge is 0.357 e. The highest BCUT2D eigenvalue weighted by Gasteiger charge is 2.09. The Bertz CT molecular complexity index is 232. The van der Waals surface area contributed by atoms with Gasteiger partial charge in [-0.05, 0) is 45.8 Å². The van der Waals surface area contributed by atoms with Crippen molar-refractivity contribution in [3.63, 3.8) is 0 Å². The van der Waals surface area contributed by atoms with Crippen molar-refractivity contribution in [1.82, 2.24) is 15.5 Å². The summed E-state index contributed by atoms with van der Waals surface area (Å²) in [4.78, 5) is 7.06. The summed E-state index contributed by atoms with van der Waals surface area (Å²) in [5, 5.41) is 6.43. The fourth-order valence-electron chi connectivity index (χ4n) is 2.00. The average Bonchev–Trinajstić information content (AvgIpc) is 2.84. The van der Waals surface area contributed by atoms with Crippen molar-refractivity contribution in [2.24, 2.45) is 4.99 Å². The van der Waals surface area contributed by atoms with Crippen LogP contribution in [0.5, 0.6) is 0 Å². The molecule has 1 fully saturated rings. The first-order valence-corrected chi connectivity index (χ1v) is 6.72. The maximum Gasteiger partial charge on any atom is 0.191 e. The Morgan fingerprint density at radius 3 is 2.76 bits per heavy atom. The zero-order chi connectivity index (χ0) is 12.3. The van der Waals surface area contributed by atoms with Crippen molar-refractivity contribution in [2.75, 3.05) is 39.3 Å². The van der Waals surface area contributed by atoms with Gasteiger partial charge in [-0.3, -0.25) is 4.99 Å². The maximum atomic E-state index is 4.53. The summed E-state index contributed by atoms with van der Waals surface area (Å²) in [7, 11) is 0. The molecule has 1 saturated heterocycles. The van der Waals surface area contributed by atoms with E-state index in [-0.39, 0.29) is 0 Å². The van der Waals surface area contributed by atoms with Crippen LogP contribution in [-0.4, -0.2) is 50.1 Å². The number of nitrogens with zero attached hydrogens (tertiary/aromatic N) is 2. The third-order valence-corrected chi connectivity index (χ3v) is 2.86. The van der Waals surface area contributed by atoms with Crippen LogP contribution in [0.2, 0.25) is 0 Å². The Balaban J connectivity index is 2.15. The molecule has 2 N–H and O–H groups in total. The van der Waals surface area contributed by atoms with Crippen LogP contribution in [0.25, 0.3) is 0 Å². The number of likely N-dealkylation sites (tertiary alicyclic amines) is 1. The molecule has 4 nitrogen and oxygen atoms in total. The molecule has 0 atom stereocenters. The Labute approximate surface area is 105 Å². The predicted octanol–water partition coefficient (Wildman–Crippen LogP) is 1.21. The Hall–Kier alpha value is -1.03. The summed E-state index contributed by atoms with van der Waals surface area (Å²) in [6.45, 7) is 12.1. The zero-order valence-electron chi connectivity index (χ0n) is 11.0. The predicted molar refractivity (Wildman–Crippen MR) is 74.5 cm³/mol. The number of guanidine groups is 1. The molecule has 0 amide bonds. The topological polar surface area (TPSA) is 39.7 Å². The average molecular weight is 238 g/mol. The van der Waals surface area contributed by atoms with Crippen LogP contribution in [0.3, 0.4) is 0 Å². The number of rotatable bonds is 7. The van der Waals surface area contributed by atoms with Gasteiger partial charge in [-0.25, -0.2) is 0 Å². The molecule has 0 saturated carbocycles. The highest BCUT2D eigenvalue weighted by molar-refractivity contribution is 5.79. The smallest absolute Gasteiger partial charge is 0.191 e. The summed E-state index contributed by atoms with van der Waals surface area (Å²) in [6, 6.07) is 0. The van der Waals surface area contributed by atoms with E-state index in [9.17, 15) is 0 Å². The lowest BCUT2D eigenvalue weighted by molar-refractivity contribution is 0.336. The van der Waals surface area contributed by atoms with E-state index in [1.54, 1.807) is 0 Å². The van der Waals surface area contributed by atoms with Crippen molar-refractivity contribution in [3.05, 3.63) is 12.7 Å². The van der Waals surface area contributed by atoms with E-state index in [4.69, 9.17) is 0 Å². The van der Waals surface area contributed by atoms with Crippen molar-refractivity contribution in [1.29, 1.82) is 0 Å². The molecule has 4 heteroatoms. The van der Waals surface area contributed by atoms with Gasteiger partial charge in [-0.1, -0.05) is 6.08 Å². The van der Waals surface area contributed by atoms with Gasteiger partial charge >= 0.3 is 0 Å². The number of hydrogen-bond donors (Lipinski definition) is 2. The van der Waals surface area contributed by atoms with Gasteiger partial charge in [-0.15, -0.1) is 6.58 Å². The zero-order valence-corrected chi connectivity index (χ0v) is 11.0. The van der Waals surface area contributed by atoms with Crippen LogP contribution in [-0.2, 0) is 0 Å². The summed E-state index contributed by atoms with van der Waals surface area (Å²) in [5.74, 6) is 0.897. The normalized spacial score (nSPS) is 17.1. The molecular formula is C13H26N4. The van der Waals surface area contributed by atoms with E-state index < -0.39 is 0 Å². The second kappa shape index (κ2) is 9.05. The van der Waals surface area contributed by atoms with Gasteiger partial charge < -0.3 is 15.5 Å². The molecule has 0 unspecified atom stereocenters. The van der Waals surface area contributed by atoms with Gasteiger partial charge in [0.05, 0.1) is 0 Å². The van der Waals surface area contributed by atoms with Crippen molar-refractivity contribution in [2.45, 2.75) is 26.2 Å². The van der Waals surface area contributed by atoms with Crippen molar-refractivity contribution in [3.8, 4) is 0 Å². The van der Waals surface area contributed by atoms with Crippen LogP contribution in [0.4, 0.5) is 0 Å². The molecule has 17 heavy (non-hydrogen) atoms. The molecule has 1 aliphatic heterocycles. The van der Waals surface area contributed by atoms with Crippen LogP contribution >= 0.6 is 0 Å². The van der Waals surface area contributed by atoms with Crippen LogP contribution < -0.4 is 10.6 Å². The van der Waals surface area contributed by atoms with Crippen molar-refractivity contribution < 1.29 is 0 Å². The molecule has 1 heterocycles. The Kier molecular flexibility index (Phi) is 7.47. The van der Waals surface area contributed by atoms with E-state index >= 15 is 0 Å². The van der Waals surface area contributed by atoms with Crippen LogP contribution in [0.1, 0.15) is 26.2 Å². The van der Waals surface area contributed by atoms with Crippen molar-refractivity contribution >= 4 is 5.96 Å². The van der Waals surface area contributed by atoms with Gasteiger partial charge in [0.2, 0.25) is 0 Å². The lowest BCUT2D eigenvalue weighted by Crippen LogP contribution is -2.37. The van der Waals surface area contributed by atoms with Gasteiger partial charge in [0.15, 0.2) is 5.96 Å². The van der Waals surface area contributed by atoms with Gasteiger partial charge in [-0.2, -0.15) is 0 Å². The summed E-state index contributed by atoms with van der Waals surface area (Å²) in [6.07, 6.45) is 5.72. The lowest BCUT2D eigenvalue weighted by Gasteiger charge is -2.13. The third-order valence-electron chi connectivity index (χ3n) is 2.86. The highest BCUT2D eigenvalue weighted by Crippen LogP contribution is 2.07. The van der Waals surface area contributed by atoms with Crippen LogP contribution in [0.15, 0.2) is 17.6 Å². The van der Waals surface area contributed by atoms with E-state index in [1.807, 2.05) is 6.08 Å². The standard InChI is InChI=1S/C13H26N4/c1-3-8-15-13(14-4-2)16-9-7-12-17-10-5-6-11-17/h3H,1,4-12H2,2H3,(H2,14,15,16). The monoisotopic (exact) mass is 238 g/mol. The van der Waals surface area contributed by atoms with Gasteiger partial charge in [0, 0.05) is 19.6 Å². The molecule has 98 valence electrons. The molecule has 0 radical (unpaired) electrons. The quantitative estimate of drug-likeness (QED) is 0.303.